The number of rotatable bonds is 3. The van der Waals surface area contributed by atoms with Gasteiger partial charge in [-0.15, -0.1) is 0 Å². The van der Waals surface area contributed by atoms with Gasteiger partial charge >= 0.3 is 0 Å². The molecule has 0 spiro atoms. The van der Waals surface area contributed by atoms with Crippen molar-refractivity contribution in [3.8, 4) is 6.07 Å². The van der Waals surface area contributed by atoms with Crippen molar-refractivity contribution in [1.29, 1.82) is 5.26 Å². The molecule has 0 unspecified atom stereocenters. The van der Waals surface area contributed by atoms with Gasteiger partial charge in [-0.3, -0.25) is 4.68 Å². The summed E-state index contributed by atoms with van der Waals surface area (Å²) in [6.45, 7) is 0. The van der Waals surface area contributed by atoms with Crippen LogP contribution >= 0.6 is 0 Å². The van der Waals surface area contributed by atoms with Crippen LogP contribution in [0.15, 0.2) is 12.3 Å². The number of nitrogens with zero attached hydrogens (tertiary/aromatic N) is 3. The molecule has 2 fully saturated rings. The average Bonchev–Trinajstić information content (AvgIpc) is 3.13. The molecule has 2 saturated carbocycles. The minimum absolute atomic E-state index is 0.157. The molecule has 114 valence electrons. The van der Waals surface area contributed by atoms with E-state index in [2.05, 4.69) is 23.0 Å². The van der Waals surface area contributed by atoms with Crippen LogP contribution in [0.4, 0.5) is 0 Å². The summed E-state index contributed by atoms with van der Waals surface area (Å²) in [6.07, 6.45) is 16.6. The summed E-state index contributed by atoms with van der Waals surface area (Å²) in [5.41, 5.74) is 0.971. The van der Waals surface area contributed by atoms with E-state index in [1.807, 2.05) is 0 Å². The van der Waals surface area contributed by atoms with Crippen LogP contribution in [-0.4, -0.2) is 9.78 Å². The SMILES string of the molecule is N#CC1(Cc2ccn(C3CCCC3)n2)CCCCCCC1. The van der Waals surface area contributed by atoms with E-state index in [4.69, 9.17) is 5.10 Å². The summed E-state index contributed by atoms with van der Waals surface area (Å²) < 4.78 is 2.16. The molecule has 0 aliphatic heterocycles. The maximum atomic E-state index is 9.75. The Morgan fingerprint density at radius 2 is 1.76 bits per heavy atom. The maximum Gasteiger partial charge on any atom is 0.0693 e. The molecule has 3 rings (SSSR count). The molecule has 1 aromatic heterocycles. The van der Waals surface area contributed by atoms with Crippen molar-refractivity contribution >= 4 is 0 Å². The van der Waals surface area contributed by atoms with Crippen molar-refractivity contribution in [2.24, 2.45) is 5.41 Å². The summed E-state index contributed by atoms with van der Waals surface area (Å²) in [5.74, 6) is 0. The lowest BCUT2D eigenvalue weighted by Gasteiger charge is -2.27. The van der Waals surface area contributed by atoms with Gasteiger partial charge in [0, 0.05) is 12.6 Å². The van der Waals surface area contributed by atoms with Gasteiger partial charge in [0.05, 0.1) is 23.2 Å². The third-order valence-corrected chi connectivity index (χ3v) is 5.43. The molecule has 0 amide bonds. The molecule has 0 N–H and O–H groups in total. The highest BCUT2D eigenvalue weighted by Gasteiger charge is 2.31. The van der Waals surface area contributed by atoms with Gasteiger partial charge in [-0.25, -0.2) is 0 Å². The second kappa shape index (κ2) is 6.64. The lowest BCUT2D eigenvalue weighted by Crippen LogP contribution is -2.23. The molecule has 0 radical (unpaired) electrons. The van der Waals surface area contributed by atoms with E-state index >= 15 is 0 Å². The number of aromatic nitrogens is 2. The van der Waals surface area contributed by atoms with E-state index in [9.17, 15) is 5.26 Å². The second-order valence-electron chi connectivity index (χ2n) is 7.06. The summed E-state index contributed by atoms with van der Waals surface area (Å²) in [5, 5.41) is 14.6. The van der Waals surface area contributed by atoms with Crippen LogP contribution in [0.2, 0.25) is 0 Å². The average molecular weight is 285 g/mol. The van der Waals surface area contributed by atoms with Crippen LogP contribution < -0.4 is 0 Å². The zero-order valence-electron chi connectivity index (χ0n) is 13.1. The fraction of sp³-hybridized carbons (Fsp3) is 0.778. The minimum atomic E-state index is -0.157. The third-order valence-electron chi connectivity index (χ3n) is 5.43. The molecule has 2 aliphatic carbocycles. The molecular weight excluding hydrogens is 258 g/mol. The Morgan fingerprint density at radius 3 is 2.43 bits per heavy atom. The normalized spacial score (nSPS) is 23.4. The van der Waals surface area contributed by atoms with Gasteiger partial charge in [-0.05, 0) is 31.7 Å². The Balaban J connectivity index is 1.69. The standard InChI is InChI=1S/C18H27N3/c19-15-18(11-6-2-1-3-7-12-18)14-16-10-13-21(20-16)17-8-4-5-9-17/h10,13,17H,1-9,11-12,14H2. The third kappa shape index (κ3) is 3.48. The largest absolute Gasteiger partial charge is 0.269 e. The summed E-state index contributed by atoms with van der Waals surface area (Å²) in [4.78, 5) is 0. The molecule has 2 aliphatic rings. The van der Waals surface area contributed by atoms with Crippen molar-refractivity contribution in [2.75, 3.05) is 0 Å². The summed E-state index contributed by atoms with van der Waals surface area (Å²) in [6, 6.07) is 5.42. The van der Waals surface area contributed by atoms with E-state index in [1.165, 1.54) is 57.8 Å². The van der Waals surface area contributed by atoms with Crippen molar-refractivity contribution < 1.29 is 0 Å². The fourth-order valence-electron chi connectivity index (χ4n) is 4.10. The smallest absolute Gasteiger partial charge is 0.0693 e. The van der Waals surface area contributed by atoms with Gasteiger partial charge in [-0.1, -0.05) is 44.9 Å². The Bertz CT molecular complexity index is 483. The molecule has 1 aromatic rings. The highest BCUT2D eigenvalue weighted by Crippen LogP contribution is 2.37. The zero-order chi connectivity index (χ0) is 14.5. The van der Waals surface area contributed by atoms with Gasteiger partial charge in [0.1, 0.15) is 0 Å². The van der Waals surface area contributed by atoms with Gasteiger partial charge in [0.25, 0.3) is 0 Å². The maximum absolute atomic E-state index is 9.75. The van der Waals surface area contributed by atoms with E-state index < -0.39 is 0 Å². The monoisotopic (exact) mass is 285 g/mol. The first-order chi connectivity index (χ1) is 10.3. The van der Waals surface area contributed by atoms with Gasteiger partial charge in [0.2, 0.25) is 0 Å². The van der Waals surface area contributed by atoms with E-state index in [1.54, 1.807) is 0 Å². The van der Waals surface area contributed by atoms with Gasteiger partial charge in [0.15, 0.2) is 0 Å². The summed E-state index contributed by atoms with van der Waals surface area (Å²) in [7, 11) is 0. The molecule has 1 heterocycles. The molecule has 21 heavy (non-hydrogen) atoms. The highest BCUT2D eigenvalue weighted by atomic mass is 15.3. The quantitative estimate of drug-likeness (QED) is 0.800. The van der Waals surface area contributed by atoms with E-state index in [-0.39, 0.29) is 5.41 Å². The highest BCUT2D eigenvalue weighted by molar-refractivity contribution is 5.11. The van der Waals surface area contributed by atoms with Crippen LogP contribution in [0.3, 0.4) is 0 Å². The molecular formula is C18H27N3. The van der Waals surface area contributed by atoms with Gasteiger partial charge in [-0.2, -0.15) is 10.4 Å². The topological polar surface area (TPSA) is 41.6 Å². The van der Waals surface area contributed by atoms with Crippen molar-refractivity contribution in [3.63, 3.8) is 0 Å². The van der Waals surface area contributed by atoms with Crippen molar-refractivity contribution in [2.45, 2.75) is 83.1 Å². The fourth-order valence-corrected chi connectivity index (χ4v) is 4.10. The van der Waals surface area contributed by atoms with Crippen LogP contribution in [-0.2, 0) is 6.42 Å². The first-order valence-electron chi connectivity index (χ1n) is 8.77. The van der Waals surface area contributed by atoms with Crippen LogP contribution in [0.1, 0.15) is 82.4 Å². The molecule has 0 aromatic carbocycles. The molecule has 3 nitrogen and oxygen atoms in total. The van der Waals surface area contributed by atoms with Crippen molar-refractivity contribution in [1.82, 2.24) is 9.78 Å². The minimum Gasteiger partial charge on any atom is -0.269 e. The van der Waals surface area contributed by atoms with Crippen LogP contribution in [0, 0.1) is 16.7 Å². The van der Waals surface area contributed by atoms with E-state index in [0.29, 0.717) is 6.04 Å². The molecule has 0 bridgehead atoms. The lowest BCUT2D eigenvalue weighted by atomic mass is 9.74. The molecule has 3 heteroatoms. The molecule has 0 saturated heterocycles. The van der Waals surface area contributed by atoms with Gasteiger partial charge < -0.3 is 0 Å². The Kier molecular flexibility index (Phi) is 4.63. The second-order valence-corrected chi connectivity index (χ2v) is 7.06. The zero-order valence-corrected chi connectivity index (χ0v) is 13.1. The predicted molar refractivity (Wildman–Crippen MR) is 83.8 cm³/mol. The summed E-state index contributed by atoms with van der Waals surface area (Å²) >= 11 is 0. The van der Waals surface area contributed by atoms with E-state index in [0.717, 1.165) is 25.0 Å². The first-order valence-corrected chi connectivity index (χ1v) is 8.77. The predicted octanol–water partition coefficient (Wildman–Crippen LogP) is 4.79. The number of hydrogen-bond donors (Lipinski definition) is 0. The van der Waals surface area contributed by atoms with Crippen molar-refractivity contribution in [3.05, 3.63) is 18.0 Å². The Morgan fingerprint density at radius 1 is 1.10 bits per heavy atom. The number of hydrogen-bond acceptors (Lipinski definition) is 2. The molecule has 0 atom stereocenters. The first kappa shape index (κ1) is 14.6. The van der Waals surface area contributed by atoms with Crippen LogP contribution in [0.5, 0.6) is 0 Å². The Hall–Kier alpha value is -1.30. The Labute approximate surface area is 128 Å². The number of nitriles is 1. The lowest BCUT2D eigenvalue weighted by molar-refractivity contribution is 0.283. The van der Waals surface area contributed by atoms with Crippen LogP contribution in [0.25, 0.3) is 0 Å².